The van der Waals surface area contributed by atoms with Crippen LogP contribution in [0.15, 0.2) is 6.07 Å². The van der Waals surface area contributed by atoms with Crippen LogP contribution in [0.25, 0.3) is 0 Å². The van der Waals surface area contributed by atoms with Crippen molar-refractivity contribution in [3.8, 4) is 0 Å². The summed E-state index contributed by atoms with van der Waals surface area (Å²) >= 11 is 0. The van der Waals surface area contributed by atoms with Crippen molar-refractivity contribution in [3.05, 3.63) is 11.9 Å². The molecule has 1 heterocycles. The largest absolute Gasteiger partial charge is 0.370 e. The SMILES string of the molecule is CCNc1cc(N(C)CC2(N(C)C)CCC2)nc(C)n1. The fourth-order valence-electron chi connectivity index (χ4n) is 2.87. The third-order valence-corrected chi connectivity index (χ3v) is 4.34. The number of nitrogens with zero attached hydrogens (tertiary/aromatic N) is 4. The van der Waals surface area contributed by atoms with E-state index < -0.39 is 0 Å². The van der Waals surface area contributed by atoms with E-state index in [1.807, 2.05) is 13.0 Å². The molecule has 0 aliphatic heterocycles. The molecule has 5 nitrogen and oxygen atoms in total. The predicted octanol–water partition coefficient (Wildman–Crippen LogP) is 2.14. The molecule has 0 bridgehead atoms. The molecule has 1 fully saturated rings. The third-order valence-electron chi connectivity index (χ3n) is 4.34. The van der Waals surface area contributed by atoms with Crippen LogP contribution in [0.3, 0.4) is 0 Å². The summed E-state index contributed by atoms with van der Waals surface area (Å²) in [7, 11) is 6.49. The van der Waals surface area contributed by atoms with Gasteiger partial charge in [0.1, 0.15) is 17.5 Å². The van der Waals surface area contributed by atoms with Gasteiger partial charge in [-0.2, -0.15) is 0 Å². The maximum Gasteiger partial charge on any atom is 0.134 e. The molecule has 1 aromatic heterocycles. The first-order valence-electron chi connectivity index (χ1n) is 7.45. The number of aromatic nitrogens is 2. The van der Waals surface area contributed by atoms with Crippen molar-refractivity contribution < 1.29 is 0 Å². The third kappa shape index (κ3) is 3.03. The van der Waals surface area contributed by atoms with Crippen LogP contribution in [0.5, 0.6) is 0 Å². The second-order valence-corrected chi connectivity index (χ2v) is 6.02. The Bertz CT molecular complexity index is 454. The highest BCUT2D eigenvalue weighted by atomic mass is 15.3. The van der Waals surface area contributed by atoms with Crippen molar-refractivity contribution in [1.29, 1.82) is 0 Å². The van der Waals surface area contributed by atoms with E-state index in [1.165, 1.54) is 19.3 Å². The number of likely N-dealkylation sites (N-methyl/N-ethyl adjacent to an activating group) is 2. The molecule has 5 heteroatoms. The van der Waals surface area contributed by atoms with Crippen LogP contribution in [-0.2, 0) is 0 Å². The van der Waals surface area contributed by atoms with Crippen molar-refractivity contribution >= 4 is 11.6 Å². The monoisotopic (exact) mass is 277 g/mol. The Morgan fingerprint density at radius 1 is 1.25 bits per heavy atom. The van der Waals surface area contributed by atoms with Crippen LogP contribution in [0, 0.1) is 6.92 Å². The first kappa shape index (κ1) is 15.0. The summed E-state index contributed by atoms with van der Waals surface area (Å²) in [5.74, 6) is 2.73. The van der Waals surface area contributed by atoms with Crippen molar-refractivity contribution in [1.82, 2.24) is 14.9 Å². The van der Waals surface area contributed by atoms with Gasteiger partial charge in [0.2, 0.25) is 0 Å². The standard InChI is InChI=1S/C15H27N5/c1-6-16-13-10-14(18-12(2)17-13)20(5)11-15(19(3)4)8-7-9-15/h10H,6-9,11H2,1-5H3,(H,16,17,18). The molecule has 1 aliphatic rings. The van der Waals surface area contributed by atoms with Crippen LogP contribution in [-0.4, -0.2) is 54.6 Å². The molecule has 1 N–H and O–H groups in total. The Balaban J connectivity index is 2.14. The second kappa shape index (κ2) is 5.95. The van der Waals surface area contributed by atoms with Crippen LogP contribution in [0.4, 0.5) is 11.6 Å². The number of anilines is 2. The highest BCUT2D eigenvalue weighted by Gasteiger charge is 2.40. The van der Waals surface area contributed by atoms with Gasteiger partial charge >= 0.3 is 0 Å². The summed E-state index contributed by atoms with van der Waals surface area (Å²) in [5, 5.41) is 3.27. The fraction of sp³-hybridized carbons (Fsp3) is 0.733. The van der Waals surface area contributed by atoms with Gasteiger partial charge in [-0.3, -0.25) is 0 Å². The maximum atomic E-state index is 4.57. The molecule has 0 spiro atoms. The molecule has 0 aromatic carbocycles. The van der Waals surface area contributed by atoms with Gasteiger partial charge in [0.05, 0.1) is 0 Å². The van der Waals surface area contributed by atoms with Crippen molar-refractivity contribution in [3.63, 3.8) is 0 Å². The van der Waals surface area contributed by atoms with E-state index in [0.717, 1.165) is 30.5 Å². The summed E-state index contributed by atoms with van der Waals surface area (Å²) in [4.78, 5) is 13.6. The Kier molecular flexibility index (Phi) is 4.48. The lowest BCUT2D eigenvalue weighted by Crippen LogP contribution is -2.56. The number of rotatable bonds is 6. The summed E-state index contributed by atoms with van der Waals surface area (Å²) < 4.78 is 0. The minimum Gasteiger partial charge on any atom is -0.370 e. The van der Waals surface area contributed by atoms with Crippen LogP contribution >= 0.6 is 0 Å². The first-order valence-corrected chi connectivity index (χ1v) is 7.45. The van der Waals surface area contributed by atoms with E-state index in [-0.39, 0.29) is 0 Å². The normalized spacial score (nSPS) is 16.9. The van der Waals surface area contributed by atoms with Crippen LogP contribution < -0.4 is 10.2 Å². The van der Waals surface area contributed by atoms with Gasteiger partial charge in [-0.1, -0.05) is 0 Å². The highest BCUT2D eigenvalue weighted by Crippen LogP contribution is 2.37. The van der Waals surface area contributed by atoms with Crippen molar-refractivity contribution in [2.75, 3.05) is 44.4 Å². The number of hydrogen-bond acceptors (Lipinski definition) is 5. The molecule has 0 unspecified atom stereocenters. The topological polar surface area (TPSA) is 44.3 Å². The van der Waals surface area contributed by atoms with Gasteiger partial charge in [-0.15, -0.1) is 0 Å². The second-order valence-electron chi connectivity index (χ2n) is 6.02. The summed E-state index contributed by atoms with van der Waals surface area (Å²) in [6.45, 7) is 5.92. The van der Waals surface area contributed by atoms with E-state index in [9.17, 15) is 0 Å². The zero-order valence-electron chi connectivity index (χ0n) is 13.4. The molecular weight excluding hydrogens is 250 g/mol. The van der Waals surface area contributed by atoms with E-state index in [1.54, 1.807) is 0 Å². The van der Waals surface area contributed by atoms with Crippen LogP contribution in [0.2, 0.25) is 0 Å². The molecule has 1 saturated carbocycles. The van der Waals surface area contributed by atoms with E-state index >= 15 is 0 Å². The zero-order valence-corrected chi connectivity index (χ0v) is 13.4. The smallest absolute Gasteiger partial charge is 0.134 e. The van der Waals surface area contributed by atoms with Crippen LogP contribution in [0.1, 0.15) is 32.0 Å². The zero-order chi connectivity index (χ0) is 14.8. The van der Waals surface area contributed by atoms with Gasteiger partial charge in [0.25, 0.3) is 0 Å². The summed E-state index contributed by atoms with van der Waals surface area (Å²) in [5.41, 5.74) is 0.311. The fourth-order valence-corrected chi connectivity index (χ4v) is 2.87. The van der Waals surface area contributed by atoms with Gasteiger partial charge in [0.15, 0.2) is 0 Å². The highest BCUT2D eigenvalue weighted by molar-refractivity contribution is 5.49. The average molecular weight is 277 g/mol. The van der Waals surface area contributed by atoms with E-state index in [2.05, 4.69) is 53.2 Å². The number of nitrogens with one attached hydrogen (secondary N) is 1. The minimum absolute atomic E-state index is 0.311. The Hall–Kier alpha value is -1.36. The average Bonchev–Trinajstić information content (AvgIpc) is 2.32. The molecule has 20 heavy (non-hydrogen) atoms. The van der Waals surface area contributed by atoms with E-state index in [4.69, 9.17) is 0 Å². The molecule has 112 valence electrons. The molecule has 2 rings (SSSR count). The number of aryl methyl sites for hydroxylation is 1. The molecule has 0 saturated heterocycles. The quantitative estimate of drug-likeness (QED) is 0.863. The first-order chi connectivity index (χ1) is 9.47. The molecule has 0 radical (unpaired) electrons. The maximum absolute atomic E-state index is 4.57. The summed E-state index contributed by atoms with van der Waals surface area (Å²) in [6, 6.07) is 2.04. The van der Waals surface area contributed by atoms with Gasteiger partial charge in [-0.05, 0) is 47.2 Å². The van der Waals surface area contributed by atoms with Gasteiger partial charge in [-0.25, -0.2) is 9.97 Å². The van der Waals surface area contributed by atoms with Gasteiger partial charge < -0.3 is 15.1 Å². The Morgan fingerprint density at radius 2 is 1.95 bits per heavy atom. The molecule has 1 aliphatic carbocycles. The van der Waals surface area contributed by atoms with Gasteiger partial charge in [0, 0.05) is 31.7 Å². The predicted molar refractivity (Wildman–Crippen MR) is 84.5 cm³/mol. The Labute approximate surface area is 122 Å². The lowest BCUT2D eigenvalue weighted by molar-refractivity contribution is 0.0682. The molecule has 0 amide bonds. The van der Waals surface area contributed by atoms with Crippen molar-refractivity contribution in [2.24, 2.45) is 0 Å². The summed E-state index contributed by atoms with van der Waals surface area (Å²) in [6.07, 6.45) is 3.88. The van der Waals surface area contributed by atoms with Crippen molar-refractivity contribution in [2.45, 2.75) is 38.6 Å². The Morgan fingerprint density at radius 3 is 2.45 bits per heavy atom. The number of hydrogen-bond donors (Lipinski definition) is 1. The van der Waals surface area contributed by atoms with E-state index in [0.29, 0.717) is 5.54 Å². The minimum atomic E-state index is 0.311. The molecule has 1 aromatic rings. The lowest BCUT2D eigenvalue weighted by Gasteiger charge is -2.49. The molecular formula is C15H27N5. The molecule has 0 atom stereocenters. The lowest BCUT2D eigenvalue weighted by atomic mass is 9.75.